The van der Waals surface area contributed by atoms with Gasteiger partial charge in [0.1, 0.15) is 5.82 Å². The SMILES string of the molecule is CC1CCN(c2cccc(F)c2/C=C/C(=O)O)CC1C. The van der Waals surface area contributed by atoms with Crippen LogP contribution in [0.3, 0.4) is 0 Å². The molecule has 1 N–H and O–H groups in total. The number of aliphatic carboxylic acids is 1. The molecule has 108 valence electrons. The van der Waals surface area contributed by atoms with E-state index in [1.165, 1.54) is 12.1 Å². The van der Waals surface area contributed by atoms with Crippen molar-refractivity contribution in [2.45, 2.75) is 20.3 Å². The Balaban J connectivity index is 2.32. The lowest BCUT2D eigenvalue weighted by Gasteiger charge is -2.37. The molecule has 1 aliphatic rings. The zero-order valence-electron chi connectivity index (χ0n) is 11.8. The summed E-state index contributed by atoms with van der Waals surface area (Å²) in [5.74, 6) is -0.243. The average Bonchev–Trinajstić information content (AvgIpc) is 2.40. The van der Waals surface area contributed by atoms with Crippen LogP contribution in [0.1, 0.15) is 25.8 Å². The molecule has 0 spiro atoms. The van der Waals surface area contributed by atoms with Crippen LogP contribution in [0.5, 0.6) is 0 Å². The van der Waals surface area contributed by atoms with Crippen LogP contribution in [0.25, 0.3) is 6.08 Å². The smallest absolute Gasteiger partial charge is 0.328 e. The molecule has 2 rings (SSSR count). The Labute approximate surface area is 118 Å². The first-order valence-electron chi connectivity index (χ1n) is 6.93. The summed E-state index contributed by atoms with van der Waals surface area (Å²) in [6.07, 6.45) is 3.40. The number of halogens is 1. The Morgan fingerprint density at radius 1 is 1.40 bits per heavy atom. The van der Waals surface area contributed by atoms with Crippen molar-refractivity contribution in [2.24, 2.45) is 11.8 Å². The maximum Gasteiger partial charge on any atom is 0.328 e. The van der Waals surface area contributed by atoms with Gasteiger partial charge in [-0.1, -0.05) is 19.9 Å². The molecule has 1 aromatic carbocycles. The molecular formula is C16H20FNO2. The van der Waals surface area contributed by atoms with Gasteiger partial charge in [0.05, 0.1) is 0 Å². The summed E-state index contributed by atoms with van der Waals surface area (Å²) in [4.78, 5) is 12.8. The lowest BCUT2D eigenvalue weighted by molar-refractivity contribution is -0.131. The second-order valence-electron chi connectivity index (χ2n) is 5.53. The molecule has 1 saturated heterocycles. The highest BCUT2D eigenvalue weighted by Gasteiger charge is 2.24. The van der Waals surface area contributed by atoms with Gasteiger partial charge in [-0.15, -0.1) is 0 Å². The summed E-state index contributed by atoms with van der Waals surface area (Å²) in [5, 5.41) is 8.72. The topological polar surface area (TPSA) is 40.5 Å². The highest BCUT2D eigenvalue weighted by Crippen LogP contribution is 2.31. The largest absolute Gasteiger partial charge is 0.478 e. The molecule has 0 amide bonds. The third-order valence-electron chi connectivity index (χ3n) is 4.10. The highest BCUT2D eigenvalue weighted by molar-refractivity contribution is 5.87. The van der Waals surface area contributed by atoms with Gasteiger partial charge in [0.2, 0.25) is 0 Å². The molecule has 3 nitrogen and oxygen atoms in total. The van der Waals surface area contributed by atoms with E-state index in [0.29, 0.717) is 17.4 Å². The standard InChI is InChI=1S/C16H20FNO2/c1-11-8-9-18(10-12(11)2)15-5-3-4-14(17)13(15)6-7-16(19)20/h3-7,11-12H,8-10H2,1-2H3,(H,19,20)/b7-6+. The molecule has 0 aliphatic carbocycles. The second-order valence-corrected chi connectivity index (χ2v) is 5.53. The number of piperidine rings is 1. The van der Waals surface area contributed by atoms with Gasteiger partial charge in [-0.25, -0.2) is 9.18 Å². The lowest BCUT2D eigenvalue weighted by Crippen LogP contribution is -2.38. The molecule has 0 radical (unpaired) electrons. The van der Waals surface area contributed by atoms with Crippen LogP contribution in [0.2, 0.25) is 0 Å². The van der Waals surface area contributed by atoms with E-state index < -0.39 is 5.97 Å². The minimum atomic E-state index is -1.07. The number of rotatable bonds is 3. The Kier molecular flexibility index (Phi) is 4.42. The van der Waals surface area contributed by atoms with Crippen molar-refractivity contribution < 1.29 is 14.3 Å². The van der Waals surface area contributed by atoms with Crippen molar-refractivity contribution in [3.05, 3.63) is 35.7 Å². The van der Waals surface area contributed by atoms with Gasteiger partial charge in [-0.2, -0.15) is 0 Å². The van der Waals surface area contributed by atoms with Crippen molar-refractivity contribution in [1.29, 1.82) is 0 Å². The summed E-state index contributed by atoms with van der Waals surface area (Å²) in [6, 6.07) is 4.89. The molecule has 0 bridgehead atoms. The van der Waals surface area contributed by atoms with Crippen LogP contribution in [-0.4, -0.2) is 24.2 Å². The average molecular weight is 277 g/mol. The Morgan fingerprint density at radius 2 is 2.15 bits per heavy atom. The molecule has 2 unspecified atom stereocenters. The van der Waals surface area contributed by atoms with Crippen LogP contribution in [-0.2, 0) is 4.79 Å². The van der Waals surface area contributed by atoms with E-state index in [0.717, 1.165) is 31.3 Å². The number of anilines is 1. The zero-order valence-corrected chi connectivity index (χ0v) is 11.8. The summed E-state index contributed by atoms with van der Waals surface area (Å²) in [5.41, 5.74) is 1.14. The number of nitrogens with zero attached hydrogens (tertiary/aromatic N) is 1. The van der Waals surface area contributed by atoms with E-state index in [1.54, 1.807) is 6.07 Å². The van der Waals surface area contributed by atoms with Crippen LogP contribution < -0.4 is 4.90 Å². The number of carboxylic acid groups (broad SMARTS) is 1. The summed E-state index contributed by atoms with van der Waals surface area (Å²) < 4.78 is 14.0. The Morgan fingerprint density at radius 3 is 2.80 bits per heavy atom. The van der Waals surface area contributed by atoms with Crippen LogP contribution in [0.15, 0.2) is 24.3 Å². The fourth-order valence-corrected chi connectivity index (χ4v) is 2.60. The fraction of sp³-hybridized carbons (Fsp3) is 0.438. The number of carboxylic acids is 1. The quantitative estimate of drug-likeness (QED) is 0.861. The molecule has 1 heterocycles. The van der Waals surface area contributed by atoms with E-state index in [4.69, 9.17) is 5.11 Å². The highest BCUT2D eigenvalue weighted by atomic mass is 19.1. The van der Waals surface area contributed by atoms with Crippen LogP contribution in [0, 0.1) is 17.7 Å². The molecule has 0 saturated carbocycles. The molecule has 1 aromatic rings. The fourth-order valence-electron chi connectivity index (χ4n) is 2.60. The monoisotopic (exact) mass is 277 g/mol. The third kappa shape index (κ3) is 3.18. The van der Waals surface area contributed by atoms with E-state index in [-0.39, 0.29) is 5.82 Å². The molecule has 20 heavy (non-hydrogen) atoms. The molecule has 1 fully saturated rings. The summed E-state index contributed by atoms with van der Waals surface area (Å²) >= 11 is 0. The summed E-state index contributed by atoms with van der Waals surface area (Å²) in [7, 11) is 0. The van der Waals surface area contributed by atoms with Gasteiger partial charge in [0, 0.05) is 30.4 Å². The van der Waals surface area contributed by atoms with E-state index in [9.17, 15) is 9.18 Å². The maximum atomic E-state index is 14.0. The van der Waals surface area contributed by atoms with Crippen molar-refractivity contribution in [3.8, 4) is 0 Å². The van der Waals surface area contributed by atoms with E-state index in [1.807, 2.05) is 6.07 Å². The number of carbonyl (C=O) groups is 1. The van der Waals surface area contributed by atoms with Gasteiger partial charge in [-0.3, -0.25) is 0 Å². The minimum Gasteiger partial charge on any atom is -0.478 e. The van der Waals surface area contributed by atoms with Crippen molar-refractivity contribution in [1.82, 2.24) is 0 Å². The molecule has 2 atom stereocenters. The van der Waals surface area contributed by atoms with E-state index in [2.05, 4.69) is 18.7 Å². The first-order chi connectivity index (χ1) is 9.49. The van der Waals surface area contributed by atoms with Gasteiger partial charge in [0.15, 0.2) is 0 Å². The maximum absolute atomic E-state index is 14.0. The predicted molar refractivity (Wildman–Crippen MR) is 78.2 cm³/mol. The zero-order chi connectivity index (χ0) is 14.7. The first kappa shape index (κ1) is 14.6. The van der Waals surface area contributed by atoms with Crippen molar-refractivity contribution >= 4 is 17.7 Å². The predicted octanol–water partition coefficient (Wildman–Crippen LogP) is 3.41. The Bertz CT molecular complexity index is 527. The van der Waals surface area contributed by atoms with Gasteiger partial charge in [-0.05, 0) is 36.5 Å². The summed E-state index contributed by atoms with van der Waals surface area (Å²) in [6.45, 7) is 6.18. The first-order valence-corrected chi connectivity index (χ1v) is 6.93. The van der Waals surface area contributed by atoms with Gasteiger partial charge in [0.25, 0.3) is 0 Å². The third-order valence-corrected chi connectivity index (χ3v) is 4.10. The lowest BCUT2D eigenvalue weighted by atomic mass is 9.88. The van der Waals surface area contributed by atoms with Crippen LogP contribution >= 0.6 is 0 Å². The second kappa shape index (κ2) is 6.07. The van der Waals surface area contributed by atoms with Crippen molar-refractivity contribution in [2.75, 3.05) is 18.0 Å². The number of hydrogen-bond donors (Lipinski definition) is 1. The Hall–Kier alpha value is -1.84. The van der Waals surface area contributed by atoms with Crippen molar-refractivity contribution in [3.63, 3.8) is 0 Å². The minimum absolute atomic E-state index is 0.358. The molecule has 1 aliphatic heterocycles. The van der Waals surface area contributed by atoms with Crippen LogP contribution in [0.4, 0.5) is 10.1 Å². The number of benzene rings is 1. The normalized spacial score (nSPS) is 23.2. The number of hydrogen-bond acceptors (Lipinski definition) is 2. The molecule has 4 heteroatoms. The molecule has 0 aromatic heterocycles. The van der Waals surface area contributed by atoms with Gasteiger partial charge < -0.3 is 10.0 Å². The van der Waals surface area contributed by atoms with Gasteiger partial charge >= 0.3 is 5.97 Å². The van der Waals surface area contributed by atoms with E-state index >= 15 is 0 Å². The molecular weight excluding hydrogens is 257 g/mol.